The van der Waals surface area contributed by atoms with Gasteiger partial charge >= 0.3 is 0 Å². The fourth-order valence-electron chi connectivity index (χ4n) is 2.89. The van der Waals surface area contributed by atoms with Crippen molar-refractivity contribution in [3.63, 3.8) is 0 Å². The smallest absolute Gasteiger partial charge is 0.261 e. The molecule has 0 saturated heterocycles. The summed E-state index contributed by atoms with van der Waals surface area (Å²) in [6, 6.07) is 22.0. The molecule has 0 fully saturated rings. The van der Waals surface area contributed by atoms with Crippen LogP contribution in [-0.2, 0) is 0 Å². The highest BCUT2D eigenvalue weighted by Crippen LogP contribution is 2.26. The first-order chi connectivity index (χ1) is 14.1. The molecular weight excluding hydrogens is 386 g/mol. The average molecular weight is 403 g/mol. The number of amides is 1. The lowest BCUT2D eigenvalue weighted by Gasteiger charge is -2.12. The lowest BCUT2D eigenvalue weighted by Crippen LogP contribution is -2.34. The molecule has 29 heavy (non-hydrogen) atoms. The van der Waals surface area contributed by atoms with Crippen molar-refractivity contribution in [2.75, 3.05) is 12.4 Å². The second-order valence-corrected chi connectivity index (χ2v) is 6.58. The molecule has 6 nitrogen and oxygen atoms in total. The Morgan fingerprint density at radius 2 is 1.83 bits per heavy atom. The summed E-state index contributed by atoms with van der Waals surface area (Å²) in [5.41, 5.74) is 3.42. The molecule has 1 heterocycles. The number of ether oxygens (including phenoxy) is 1. The molecule has 1 aromatic heterocycles. The summed E-state index contributed by atoms with van der Waals surface area (Å²) in [5, 5.41) is 5.85. The van der Waals surface area contributed by atoms with E-state index in [9.17, 15) is 4.79 Å². The predicted octanol–water partition coefficient (Wildman–Crippen LogP) is 4.63. The number of carbonyl (C=O) groups excluding carboxylic acids is 1. The minimum atomic E-state index is -0.352. The number of thiocarbonyl (C=S) groups is 1. The predicted molar refractivity (Wildman–Crippen MR) is 116 cm³/mol. The Hall–Kier alpha value is -3.71. The van der Waals surface area contributed by atoms with E-state index >= 15 is 0 Å². The third-order valence-electron chi connectivity index (χ3n) is 4.24. The van der Waals surface area contributed by atoms with Crippen molar-refractivity contribution in [1.29, 1.82) is 0 Å². The van der Waals surface area contributed by atoms with Gasteiger partial charge in [0.25, 0.3) is 5.91 Å². The number of carbonyl (C=O) groups is 1. The number of benzene rings is 3. The summed E-state index contributed by atoms with van der Waals surface area (Å²) in [4.78, 5) is 17.0. The second kappa shape index (κ2) is 8.12. The number of nitrogens with zero attached hydrogens (tertiary/aromatic N) is 1. The topological polar surface area (TPSA) is 76.4 Å². The number of hydrogen-bond acceptors (Lipinski definition) is 5. The number of anilines is 1. The summed E-state index contributed by atoms with van der Waals surface area (Å²) in [6.07, 6.45) is 0. The molecule has 0 bridgehead atoms. The van der Waals surface area contributed by atoms with Gasteiger partial charge in [-0.2, -0.15) is 0 Å². The first-order valence-corrected chi connectivity index (χ1v) is 9.26. The molecule has 2 N–H and O–H groups in total. The van der Waals surface area contributed by atoms with E-state index in [0.29, 0.717) is 22.9 Å². The first kappa shape index (κ1) is 18.6. The summed E-state index contributed by atoms with van der Waals surface area (Å²) < 4.78 is 11.0. The van der Waals surface area contributed by atoms with Crippen LogP contribution in [0.3, 0.4) is 0 Å². The van der Waals surface area contributed by atoms with E-state index in [1.165, 1.54) is 7.11 Å². The molecule has 0 aliphatic carbocycles. The van der Waals surface area contributed by atoms with E-state index in [4.69, 9.17) is 21.4 Å². The number of oxazole rings is 1. The molecule has 0 aliphatic heterocycles. The van der Waals surface area contributed by atoms with Crippen LogP contribution in [0.5, 0.6) is 5.75 Å². The molecule has 0 radical (unpaired) electrons. The zero-order chi connectivity index (χ0) is 20.2. The van der Waals surface area contributed by atoms with E-state index in [0.717, 1.165) is 16.7 Å². The fourth-order valence-corrected chi connectivity index (χ4v) is 3.10. The fraction of sp³-hybridized carbons (Fsp3) is 0.0455. The third-order valence-corrected chi connectivity index (χ3v) is 4.44. The van der Waals surface area contributed by atoms with Crippen molar-refractivity contribution in [2.24, 2.45) is 0 Å². The zero-order valence-corrected chi connectivity index (χ0v) is 16.3. The van der Waals surface area contributed by atoms with E-state index in [1.54, 1.807) is 24.3 Å². The van der Waals surface area contributed by atoms with E-state index in [2.05, 4.69) is 15.6 Å². The molecule has 0 aliphatic rings. The minimum absolute atomic E-state index is 0.177. The van der Waals surface area contributed by atoms with Crippen molar-refractivity contribution in [3.05, 3.63) is 78.4 Å². The van der Waals surface area contributed by atoms with Gasteiger partial charge in [-0.05, 0) is 54.7 Å². The minimum Gasteiger partial charge on any atom is -0.496 e. The molecule has 0 atom stereocenters. The number of para-hydroxylation sites is 3. The van der Waals surface area contributed by atoms with Crippen LogP contribution >= 0.6 is 12.2 Å². The maximum atomic E-state index is 12.5. The summed E-state index contributed by atoms with van der Waals surface area (Å²) in [5.74, 6) is 0.639. The molecule has 3 aromatic carbocycles. The normalized spacial score (nSPS) is 10.5. The van der Waals surface area contributed by atoms with Gasteiger partial charge in [-0.3, -0.25) is 10.1 Å². The number of rotatable bonds is 4. The van der Waals surface area contributed by atoms with Gasteiger partial charge in [-0.25, -0.2) is 4.98 Å². The van der Waals surface area contributed by atoms with Crippen LogP contribution in [0, 0.1) is 0 Å². The Kier molecular flexibility index (Phi) is 5.22. The maximum absolute atomic E-state index is 12.5. The van der Waals surface area contributed by atoms with Crippen LogP contribution in [0.4, 0.5) is 5.69 Å². The van der Waals surface area contributed by atoms with Crippen LogP contribution in [0.1, 0.15) is 10.4 Å². The molecule has 0 spiro atoms. The van der Waals surface area contributed by atoms with Crippen LogP contribution in [0.15, 0.2) is 77.2 Å². The molecule has 144 valence electrons. The number of aromatic nitrogens is 1. The van der Waals surface area contributed by atoms with Crippen molar-refractivity contribution < 1.29 is 13.9 Å². The van der Waals surface area contributed by atoms with Crippen LogP contribution in [0.25, 0.3) is 22.6 Å². The van der Waals surface area contributed by atoms with Crippen molar-refractivity contribution in [1.82, 2.24) is 10.3 Å². The van der Waals surface area contributed by atoms with Gasteiger partial charge < -0.3 is 14.5 Å². The summed E-state index contributed by atoms with van der Waals surface area (Å²) in [7, 11) is 1.51. The zero-order valence-electron chi connectivity index (χ0n) is 15.5. The highest BCUT2D eigenvalue weighted by atomic mass is 32.1. The van der Waals surface area contributed by atoms with Crippen LogP contribution in [0.2, 0.25) is 0 Å². The van der Waals surface area contributed by atoms with Crippen LogP contribution in [-0.4, -0.2) is 23.1 Å². The average Bonchev–Trinajstić information content (AvgIpc) is 3.18. The number of hydrogen-bond donors (Lipinski definition) is 2. The Morgan fingerprint density at radius 3 is 2.66 bits per heavy atom. The number of nitrogens with one attached hydrogen (secondary N) is 2. The van der Waals surface area contributed by atoms with Gasteiger partial charge in [0.05, 0.1) is 12.7 Å². The van der Waals surface area contributed by atoms with Crippen molar-refractivity contribution in [3.8, 4) is 17.2 Å². The van der Waals surface area contributed by atoms with Crippen molar-refractivity contribution >= 4 is 40.0 Å². The van der Waals surface area contributed by atoms with E-state index in [1.807, 2.05) is 48.5 Å². The van der Waals surface area contributed by atoms with Gasteiger partial charge in [0.1, 0.15) is 11.3 Å². The molecule has 0 unspecified atom stereocenters. The highest BCUT2D eigenvalue weighted by Gasteiger charge is 2.13. The molecule has 4 rings (SSSR count). The van der Waals surface area contributed by atoms with E-state index in [-0.39, 0.29) is 11.0 Å². The third kappa shape index (κ3) is 4.09. The quantitative estimate of drug-likeness (QED) is 0.484. The largest absolute Gasteiger partial charge is 0.496 e. The van der Waals surface area contributed by atoms with Crippen LogP contribution < -0.4 is 15.4 Å². The number of methoxy groups -OCH3 is 1. The Morgan fingerprint density at radius 1 is 1.03 bits per heavy atom. The monoisotopic (exact) mass is 403 g/mol. The van der Waals surface area contributed by atoms with E-state index < -0.39 is 0 Å². The standard InChI is InChI=1S/C22H17N3O3S/c1-27-18-11-4-2-9-16(18)20(26)25-22(29)23-15-8-6-7-14(13-15)21-24-17-10-3-5-12-19(17)28-21/h2-13H,1H3,(H2,23,25,26,29). The molecule has 1 amide bonds. The van der Waals surface area contributed by atoms with Gasteiger partial charge in [0.15, 0.2) is 10.7 Å². The molecular formula is C22H17N3O3S. The SMILES string of the molecule is COc1ccccc1C(=O)NC(=S)Nc1cccc(-c2nc3ccccc3o2)c1. The van der Waals surface area contributed by atoms with Gasteiger partial charge in [0, 0.05) is 11.3 Å². The summed E-state index contributed by atoms with van der Waals surface area (Å²) >= 11 is 5.28. The maximum Gasteiger partial charge on any atom is 0.261 e. The highest BCUT2D eigenvalue weighted by molar-refractivity contribution is 7.80. The Balaban J connectivity index is 1.49. The lowest BCUT2D eigenvalue weighted by molar-refractivity contribution is 0.0975. The van der Waals surface area contributed by atoms with Gasteiger partial charge in [0.2, 0.25) is 5.89 Å². The number of fused-ring (bicyclic) bond motifs is 1. The molecule has 7 heteroatoms. The first-order valence-electron chi connectivity index (χ1n) is 8.85. The Labute approximate surface area is 172 Å². The Bertz CT molecular complexity index is 1170. The second-order valence-electron chi connectivity index (χ2n) is 6.18. The lowest BCUT2D eigenvalue weighted by atomic mass is 10.2. The van der Waals surface area contributed by atoms with Crippen molar-refractivity contribution in [2.45, 2.75) is 0 Å². The van der Waals surface area contributed by atoms with Gasteiger partial charge in [-0.1, -0.05) is 30.3 Å². The molecule has 4 aromatic rings. The van der Waals surface area contributed by atoms with Gasteiger partial charge in [-0.15, -0.1) is 0 Å². The molecule has 0 saturated carbocycles. The summed E-state index contributed by atoms with van der Waals surface area (Å²) in [6.45, 7) is 0.